The molecule has 0 saturated heterocycles. The van der Waals surface area contributed by atoms with Gasteiger partial charge in [0, 0.05) is 39.4 Å². The van der Waals surface area contributed by atoms with Crippen molar-refractivity contribution in [3.8, 4) is 11.8 Å². The number of hydrogen-bond acceptors (Lipinski definition) is 4. The Bertz CT molecular complexity index is 429. The van der Waals surface area contributed by atoms with E-state index in [9.17, 15) is 0 Å². The molecule has 0 aliphatic carbocycles. The maximum atomic E-state index is 8.73. The molecule has 0 saturated carbocycles. The average Bonchev–Trinajstić information content (AvgIpc) is 2.48. The Labute approximate surface area is 121 Å². The van der Waals surface area contributed by atoms with Gasteiger partial charge in [-0.2, -0.15) is 0 Å². The minimum atomic E-state index is -0.113. The molecule has 20 heavy (non-hydrogen) atoms. The van der Waals surface area contributed by atoms with Gasteiger partial charge in [0.2, 0.25) is 0 Å². The normalized spacial score (nSPS) is 10.4. The van der Waals surface area contributed by atoms with E-state index < -0.39 is 0 Å². The van der Waals surface area contributed by atoms with Crippen LogP contribution in [0.5, 0.6) is 0 Å². The first kappa shape index (κ1) is 16.7. The topological polar surface area (TPSA) is 41.9 Å². The molecule has 1 aromatic carbocycles. The number of benzene rings is 1. The minimum absolute atomic E-state index is 0.113. The quantitative estimate of drug-likeness (QED) is 0.723. The fourth-order valence-corrected chi connectivity index (χ4v) is 1.86. The van der Waals surface area contributed by atoms with Crippen LogP contribution >= 0.6 is 0 Å². The van der Waals surface area contributed by atoms with Crippen LogP contribution in [-0.4, -0.2) is 57.1 Å². The van der Waals surface area contributed by atoms with Crippen molar-refractivity contribution in [2.24, 2.45) is 0 Å². The minimum Gasteiger partial charge on any atom is -0.384 e. The third-order valence-electron chi connectivity index (χ3n) is 2.87. The zero-order chi connectivity index (χ0) is 14.6. The van der Waals surface area contributed by atoms with Crippen LogP contribution < -0.4 is 0 Å². The lowest BCUT2D eigenvalue weighted by Gasteiger charge is -2.21. The molecule has 0 amide bonds. The molecule has 1 aromatic rings. The molecule has 0 aliphatic heterocycles. The van der Waals surface area contributed by atoms with Crippen LogP contribution in [0.15, 0.2) is 24.3 Å². The average molecular weight is 277 g/mol. The van der Waals surface area contributed by atoms with E-state index in [-0.39, 0.29) is 6.61 Å². The Kier molecular flexibility index (Phi) is 8.68. The molecule has 4 heteroatoms. The zero-order valence-corrected chi connectivity index (χ0v) is 12.3. The van der Waals surface area contributed by atoms with Gasteiger partial charge in [0.25, 0.3) is 0 Å². The summed E-state index contributed by atoms with van der Waals surface area (Å²) in [6, 6.07) is 8.06. The van der Waals surface area contributed by atoms with E-state index in [4.69, 9.17) is 14.6 Å². The summed E-state index contributed by atoms with van der Waals surface area (Å²) < 4.78 is 10.3. The maximum Gasteiger partial charge on any atom is 0.104 e. The summed E-state index contributed by atoms with van der Waals surface area (Å²) in [7, 11) is 3.42. The summed E-state index contributed by atoms with van der Waals surface area (Å²) in [5.41, 5.74) is 2.12. The first-order valence-electron chi connectivity index (χ1n) is 6.69. The Morgan fingerprint density at radius 3 is 2.45 bits per heavy atom. The summed E-state index contributed by atoms with van der Waals surface area (Å²) in [5, 5.41) is 8.73. The van der Waals surface area contributed by atoms with Crippen molar-refractivity contribution in [3.63, 3.8) is 0 Å². The SMILES string of the molecule is COCCN(CCOC)Cc1cccc(C#CCO)c1. The number of aliphatic hydroxyl groups excluding tert-OH is 1. The summed E-state index contributed by atoms with van der Waals surface area (Å²) in [6.07, 6.45) is 0. The largest absolute Gasteiger partial charge is 0.384 e. The predicted octanol–water partition coefficient (Wildman–Crippen LogP) is 1.13. The molecule has 0 atom stereocenters. The molecule has 0 aliphatic rings. The number of nitrogens with zero attached hydrogens (tertiary/aromatic N) is 1. The van der Waals surface area contributed by atoms with Crippen molar-refractivity contribution < 1.29 is 14.6 Å². The van der Waals surface area contributed by atoms with Crippen molar-refractivity contribution in [2.75, 3.05) is 47.1 Å². The van der Waals surface area contributed by atoms with Crippen LogP contribution in [0.1, 0.15) is 11.1 Å². The van der Waals surface area contributed by atoms with Gasteiger partial charge in [-0.05, 0) is 17.7 Å². The molecule has 0 fully saturated rings. The van der Waals surface area contributed by atoms with Crippen LogP contribution in [0.25, 0.3) is 0 Å². The fraction of sp³-hybridized carbons (Fsp3) is 0.500. The van der Waals surface area contributed by atoms with E-state index in [1.165, 1.54) is 5.56 Å². The summed E-state index contributed by atoms with van der Waals surface area (Å²) >= 11 is 0. The Balaban J connectivity index is 2.66. The van der Waals surface area contributed by atoms with E-state index >= 15 is 0 Å². The van der Waals surface area contributed by atoms with E-state index in [1.54, 1.807) is 14.2 Å². The van der Waals surface area contributed by atoms with Gasteiger partial charge in [-0.3, -0.25) is 4.90 Å². The van der Waals surface area contributed by atoms with Gasteiger partial charge < -0.3 is 14.6 Å². The third-order valence-corrected chi connectivity index (χ3v) is 2.87. The van der Waals surface area contributed by atoms with Gasteiger partial charge in [0.1, 0.15) is 6.61 Å². The van der Waals surface area contributed by atoms with Gasteiger partial charge in [0.05, 0.1) is 13.2 Å². The number of methoxy groups -OCH3 is 2. The highest BCUT2D eigenvalue weighted by Crippen LogP contribution is 2.08. The standard InChI is InChI=1S/C16H23NO3/c1-19-11-8-17(9-12-20-2)14-16-6-3-5-15(13-16)7-4-10-18/h3,5-6,13,18H,8-12,14H2,1-2H3. The van der Waals surface area contributed by atoms with Crippen molar-refractivity contribution in [2.45, 2.75) is 6.54 Å². The molecular weight excluding hydrogens is 254 g/mol. The molecule has 0 radical (unpaired) electrons. The second kappa shape index (κ2) is 10.4. The number of hydrogen-bond donors (Lipinski definition) is 1. The van der Waals surface area contributed by atoms with Gasteiger partial charge in [-0.1, -0.05) is 24.0 Å². The first-order valence-corrected chi connectivity index (χ1v) is 6.69. The van der Waals surface area contributed by atoms with E-state index in [2.05, 4.69) is 28.9 Å². The van der Waals surface area contributed by atoms with Gasteiger partial charge in [-0.15, -0.1) is 0 Å². The van der Waals surface area contributed by atoms with E-state index in [1.807, 2.05) is 12.1 Å². The predicted molar refractivity (Wildman–Crippen MR) is 79.4 cm³/mol. The highest BCUT2D eigenvalue weighted by atomic mass is 16.5. The van der Waals surface area contributed by atoms with Crippen molar-refractivity contribution >= 4 is 0 Å². The molecule has 0 unspecified atom stereocenters. The molecule has 1 rings (SSSR count). The van der Waals surface area contributed by atoms with Crippen LogP contribution in [0.4, 0.5) is 0 Å². The van der Waals surface area contributed by atoms with Crippen molar-refractivity contribution in [3.05, 3.63) is 35.4 Å². The van der Waals surface area contributed by atoms with Crippen LogP contribution in [0.3, 0.4) is 0 Å². The molecule has 4 nitrogen and oxygen atoms in total. The zero-order valence-electron chi connectivity index (χ0n) is 12.3. The molecule has 1 N–H and O–H groups in total. The molecular formula is C16H23NO3. The van der Waals surface area contributed by atoms with Gasteiger partial charge >= 0.3 is 0 Å². The lowest BCUT2D eigenvalue weighted by atomic mass is 10.1. The van der Waals surface area contributed by atoms with E-state index in [0.29, 0.717) is 13.2 Å². The second-order valence-electron chi connectivity index (χ2n) is 4.42. The van der Waals surface area contributed by atoms with Gasteiger partial charge in [0.15, 0.2) is 0 Å². The van der Waals surface area contributed by atoms with Crippen LogP contribution in [-0.2, 0) is 16.0 Å². The van der Waals surface area contributed by atoms with Crippen molar-refractivity contribution in [1.29, 1.82) is 0 Å². The number of aliphatic hydroxyl groups is 1. The smallest absolute Gasteiger partial charge is 0.104 e. The maximum absolute atomic E-state index is 8.73. The molecule has 0 aromatic heterocycles. The van der Waals surface area contributed by atoms with Crippen LogP contribution in [0, 0.1) is 11.8 Å². The molecule has 110 valence electrons. The van der Waals surface area contributed by atoms with Crippen molar-refractivity contribution in [1.82, 2.24) is 4.90 Å². The summed E-state index contributed by atoms with van der Waals surface area (Å²) in [4.78, 5) is 2.28. The molecule has 0 heterocycles. The monoisotopic (exact) mass is 277 g/mol. The Morgan fingerprint density at radius 1 is 1.15 bits per heavy atom. The highest BCUT2D eigenvalue weighted by Gasteiger charge is 2.06. The molecule has 0 bridgehead atoms. The highest BCUT2D eigenvalue weighted by molar-refractivity contribution is 5.37. The number of rotatable bonds is 8. The second-order valence-corrected chi connectivity index (χ2v) is 4.42. The first-order chi connectivity index (χ1) is 9.80. The third kappa shape index (κ3) is 6.69. The Hall–Kier alpha value is -1.38. The lowest BCUT2D eigenvalue weighted by Crippen LogP contribution is -2.30. The lowest BCUT2D eigenvalue weighted by molar-refractivity contribution is 0.110. The number of ether oxygens (including phenoxy) is 2. The fourth-order valence-electron chi connectivity index (χ4n) is 1.86. The Morgan fingerprint density at radius 2 is 1.85 bits per heavy atom. The molecule has 0 spiro atoms. The summed E-state index contributed by atoms with van der Waals surface area (Å²) in [6.45, 7) is 3.86. The van der Waals surface area contributed by atoms with Gasteiger partial charge in [-0.25, -0.2) is 0 Å². The van der Waals surface area contributed by atoms with Crippen LogP contribution in [0.2, 0.25) is 0 Å². The summed E-state index contributed by atoms with van der Waals surface area (Å²) in [5.74, 6) is 5.59. The van der Waals surface area contributed by atoms with E-state index in [0.717, 1.165) is 25.2 Å².